The third kappa shape index (κ3) is 6.65. The molecule has 0 aliphatic carbocycles. The lowest BCUT2D eigenvalue weighted by molar-refractivity contribution is -0.122. The standard InChI is InChI=1S/C30H29N3O7/c1-3-16-39-25-15-14-22(18-26(25)38-4-2)33-29(36)23(28(35)32-30(33)37)17-20-10-8-9-13-24(20)40-19-27(34)31-21-11-6-5-7-12-21/h5-15,17-18H,3-4,16,19H2,1-2H3,(H,31,34)(H,32,35,37)/b23-17+. The van der Waals surface area contributed by atoms with E-state index in [2.05, 4.69) is 10.6 Å². The van der Waals surface area contributed by atoms with Crippen molar-refractivity contribution in [3.8, 4) is 17.2 Å². The van der Waals surface area contributed by atoms with Gasteiger partial charge in [-0.3, -0.25) is 19.7 Å². The van der Waals surface area contributed by atoms with Crippen LogP contribution in [0.5, 0.6) is 17.2 Å². The highest BCUT2D eigenvalue weighted by atomic mass is 16.5. The van der Waals surface area contributed by atoms with E-state index in [1.165, 1.54) is 12.1 Å². The van der Waals surface area contributed by atoms with Crippen molar-refractivity contribution in [3.05, 3.63) is 83.9 Å². The van der Waals surface area contributed by atoms with E-state index >= 15 is 0 Å². The van der Waals surface area contributed by atoms with Crippen LogP contribution in [0.1, 0.15) is 25.8 Å². The van der Waals surface area contributed by atoms with Gasteiger partial charge in [0.05, 0.1) is 18.9 Å². The van der Waals surface area contributed by atoms with Crippen LogP contribution in [-0.4, -0.2) is 43.6 Å². The number of amides is 5. The number of anilines is 2. The molecule has 0 aromatic heterocycles. The quantitative estimate of drug-likeness (QED) is 0.269. The topological polar surface area (TPSA) is 123 Å². The Hall–Kier alpha value is -5.12. The van der Waals surface area contributed by atoms with Crippen molar-refractivity contribution in [1.29, 1.82) is 0 Å². The molecule has 1 saturated heterocycles. The molecule has 10 heteroatoms. The molecule has 1 aliphatic rings. The van der Waals surface area contributed by atoms with Crippen molar-refractivity contribution in [3.63, 3.8) is 0 Å². The summed E-state index contributed by atoms with van der Waals surface area (Å²) >= 11 is 0. The van der Waals surface area contributed by atoms with Gasteiger partial charge in [0.25, 0.3) is 17.7 Å². The third-order valence-electron chi connectivity index (χ3n) is 5.68. The smallest absolute Gasteiger partial charge is 0.335 e. The van der Waals surface area contributed by atoms with Crippen LogP contribution < -0.4 is 29.7 Å². The van der Waals surface area contributed by atoms with Crippen LogP contribution in [0, 0.1) is 0 Å². The van der Waals surface area contributed by atoms with Crippen molar-refractivity contribution in [2.45, 2.75) is 20.3 Å². The maximum Gasteiger partial charge on any atom is 0.335 e. The number of barbiturate groups is 1. The van der Waals surface area contributed by atoms with E-state index in [0.29, 0.717) is 36.0 Å². The maximum atomic E-state index is 13.5. The molecule has 5 amide bonds. The zero-order chi connectivity index (χ0) is 28.5. The van der Waals surface area contributed by atoms with Crippen LogP contribution in [-0.2, 0) is 14.4 Å². The third-order valence-corrected chi connectivity index (χ3v) is 5.68. The average Bonchev–Trinajstić information content (AvgIpc) is 2.95. The molecule has 1 fully saturated rings. The lowest BCUT2D eigenvalue weighted by Gasteiger charge is -2.27. The summed E-state index contributed by atoms with van der Waals surface area (Å²) in [6.07, 6.45) is 2.11. The number of urea groups is 1. The van der Waals surface area contributed by atoms with Gasteiger partial charge in [-0.25, -0.2) is 9.69 Å². The maximum absolute atomic E-state index is 13.5. The highest BCUT2D eigenvalue weighted by Gasteiger charge is 2.37. The monoisotopic (exact) mass is 543 g/mol. The second-order valence-electron chi connectivity index (χ2n) is 8.61. The summed E-state index contributed by atoms with van der Waals surface area (Å²) in [5.41, 5.74) is 0.920. The number of rotatable bonds is 11. The molecule has 0 unspecified atom stereocenters. The van der Waals surface area contributed by atoms with Gasteiger partial charge in [-0.1, -0.05) is 43.3 Å². The molecule has 0 bridgehead atoms. The molecule has 2 N–H and O–H groups in total. The van der Waals surface area contributed by atoms with Gasteiger partial charge >= 0.3 is 6.03 Å². The minimum Gasteiger partial charge on any atom is -0.490 e. The minimum atomic E-state index is -0.890. The number of benzene rings is 3. The molecular weight excluding hydrogens is 514 g/mol. The van der Waals surface area contributed by atoms with E-state index in [0.717, 1.165) is 11.3 Å². The van der Waals surface area contributed by atoms with E-state index < -0.39 is 17.8 Å². The molecule has 1 heterocycles. The molecule has 1 aliphatic heterocycles. The Balaban J connectivity index is 1.57. The van der Waals surface area contributed by atoms with E-state index in [9.17, 15) is 19.2 Å². The van der Waals surface area contributed by atoms with Crippen LogP contribution in [0.3, 0.4) is 0 Å². The SMILES string of the molecule is CCCOc1ccc(N2C(=O)NC(=O)/C(=C\c3ccccc3OCC(=O)Nc3ccccc3)C2=O)cc1OCC. The van der Waals surface area contributed by atoms with Gasteiger partial charge in [-0.2, -0.15) is 0 Å². The number of carbonyl (C=O) groups is 4. The number of carbonyl (C=O) groups excluding carboxylic acids is 4. The minimum absolute atomic E-state index is 0.204. The Labute approximate surface area is 231 Å². The van der Waals surface area contributed by atoms with Gasteiger partial charge in [0.1, 0.15) is 11.3 Å². The van der Waals surface area contributed by atoms with Gasteiger partial charge in [-0.05, 0) is 49.8 Å². The number of nitrogens with zero attached hydrogens (tertiary/aromatic N) is 1. The molecule has 40 heavy (non-hydrogen) atoms. The van der Waals surface area contributed by atoms with Crippen molar-refractivity contribution in [2.24, 2.45) is 0 Å². The fraction of sp³-hybridized carbons (Fsp3) is 0.200. The van der Waals surface area contributed by atoms with Crippen molar-refractivity contribution in [1.82, 2.24) is 5.32 Å². The van der Waals surface area contributed by atoms with Crippen LogP contribution in [0.2, 0.25) is 0 Å². The zero-order valence-electron chi connectivity index (χ0n) is 22.1. The summed E-state index contributed by atoms with van der Waals surface area (Å²) in [5.74, 6) is -0.937. The van der Waals surface area contributed by atoms with Crippen molar-refractivity contribution < 1.29 is 33.4 Å². The predicted molar refractivity (Wildman–Crippen MR) is 149 cm³/mol. The van der Waals surface area contributed by atoms with Gasteiger partial charge in [0.15, 0.2) is 18.1 Å². The molecule has 3 aromatic carbocycles. The molecule has 4 rings (SSSR count). The molecule has 0 spiro atoms. The summed E-state index contributed by atoms with van der Waals surface area (Å²) in [5, 5.41) is 4.93. The fourth-order valence-corrected chi connectivity index (χ4v) is 3.88. The molecule has 0 atom stereocenters. The number of nitrogens with one attached hydrogen (secondary N) is 2. The zero-order valence-corrected chi connectivity index (χ0v) is 22.1. The number of hydrogen-bond acceptors (Lipinski definition) is 7. The normalized spacial score (nSPS) is 14.1. The van der Waals surface area contributed by atoms with E-state index in [4.69, 9.17) is 14.2 Å². The molecule has 3 aromatic rings. The largest absolute Gasteiger partial charge is 0.490 e. The molecular formula is C30H29N3O7. The second-order valence-corrected chi connectivity index (χ2v) is 8.61. The van der Waals surface area contributed by atoms with E-state index in [-0.39, 0.29) is 29.5 Å². The lowest BCUT2D eigenvalue weighted by Crippen LogP contribution is -2.54. The number of hydrogen-bond donors (Lipinski definition) is 2. The first-order valence-corrected chi connectivity index (χ1v) is 12.8. The van der Waals surface area contributed by atoms with Gasteiger partial charge in [-0.15, -0.1) is 0 Å². The van der Waals surface area contributed by atoms with Crippen LogP contribution in [0.25, 0.3) is 6.08 Å². The van der Waals surface area contributed by atoms with Crippen LogP contribution in [0.15, 0.2) is 78.4 Å². The van der Waals surface area contributed by atoms with Gasteiger partial charge < -0.3 is 19.5 Å². The van der Waals surface area contributed by atoms with E-state index in [1.807, 2.05) is 13.0 Å². The Morgan fingerprint density at radius 3 is 2.38 bits per heavy atom. The van der Waals surface area contributed by atoms with Gasteiger partial charge in [0.2, 0.25) is 0 Å². The van der Waals surface area contributed by atoms with Crippen LogP contribution in [0.4, 0.5) is 16.2 Å². The second kappa shape index (κ2) is 13.1. The summed E-state index contributed by atoms with van der Waals surface area (Å²) in [7, 11) is 0. The summed E-state index contributed by atoms with van der Waals surface area (Å²) in [6.45, 7) is 4.29. The van der Waals surface area contributed by atoms with Crippen molar-refractivity contribution in [2.75, 3.05) is 30.0 Å². The number of ether oxygens (including phenoxy) is 3. The number of imide groups is 2. The highest BCUT2D eigenvalue weighted by molar-refractivity contribution is 6.39. The predicted octanol–water partition coefficient (Wildman–Crippen LogP) is 4.56. The Morgan fingerprint density at radius 1 is 0.875 bits per heavy atom. The molecule has 0 saturated carbocycles. The van der Waals surface area contributed by atoms with Crippen LogP contribution >= 0.6 is 0 Å². The lowest BCUT2D eigenvalue weighted by atomic mass is 10.1. The summed E-state index contributed by atoms with van der Waals surface area (Å²) in [4.78, 5) is 52.1. The summed E-state index contributed by atoms with van der Waals surface area (Å²) in [6, 6.07) is 19.3. The Bertz CT molecular complexity index is 1440. The van der Waals surface area contributed by atoms with E-state index in [1.54, 1.807) is 67.6 Å². The number of para-hydroxylation sites is 2. The summed E-state index contributed by atoms with van der Waals surface area (Å²) < 4.78 is 17.0. The average molecular weight is 544 g/mol. The first-order valence-electron chi connectivity index (χ1n) is 12.8. The van der Waals surface area contributed by atoms with Gasteiger partial charge in [0, 0.05) is 17.3 Å². The molecule has 0 radical (unpaired) electrons. The Morgan fingerprint density at radius 2 is 1.62 bits per heavy atom. The van der Waals surface area contributed by atoms with Crippen molar-refractivity contribution >= 4 is 41.2 Å². The first kappa shape index (κ1) is 27.9. The Kier molecular flexibility index (Phi) is 9.14. The molecule has 10 nitrogen and oxygen atoms in total. The highest BCUT2D eigenvalue weighted by Crippen LogP contribution is 2.34. The molecule has 206 valence electrons. The fourth-order valence-electron chi connectivity index (χ4n) is 3.88. The first-order chi connectivity index (χ1) is 19.4.